The molecule has 5 nitrogen and oxygen atoms in total. The summed E-state index contributed by atoms with van der Waals surface area (Å²) in [5, 5.41) is 7.07. The monoisotopic (exact) mass is 258 g/mol. The summed E-state index contributed by atoms with van der Waals surface area (Å²) in [5.41, 5.74) is 1.02. The van der Waals surface area contributed by atoms with Gasteiger partial charge in [0.2, 0.25) is 5.91 Å². The third-order valence-electron chi connectivity index (χ3n) is 2.91. The van der Waals surface area contributed by atoms with Crippen LogP contribution >= 0.6 is 0 Å². The van der Waals surface area contributed by atoms with Crippen LogP contribution in [0.4, 0.5) is 0 Å². The van der Waals surface area contributed by atoms with Crippen molar-refractivity contribution < 1.29 is 4.79 Å². The highest BCUT2D eigenvalue weighted by Crippen LogP contribution is 2.10. The van der Waals surface area contributed by atoms with Crippen LogP contribution in [-0.4, -0.2) is 20.7 Å². The Bertz CT molecular complexity index is 495. The average Bonchev–Trinajstić information content (AvgIpc) is 2.93. The molecule has 2 aromatic heterocycles. The van der Waals surface area contributed by atoms with E-state index in [1.54, 1.807) is 18.6 Å². The maximum atomic E-state index is 11.8. The van der Waals surface area contributed by atoms with E-state index in [1.807, 2.05) is 36.0 Å². The van der Waals surface area contributed by atoms with Crippen molar-refractivity contribution in [2.75, 3.05) is 0 Å². The summed E-state index contributed by atoms with van der Waals surface area (Å²) in [6, 6.07) is 5.70. The number of hydrogen-bond donors (Lipinski definition) is 1. The summed E-state index contributed by atoms with van der Waals surface area (Å²) < 4.78 is 1.83. The van der Waals surface area contributed by atoms with Gasteiger partial charge < -0.3 is 5.32 Å². The highest BCUT2D eigenvalue weighted by Gasteiger charge is 2.09. The first-order valence-corrected chi connectivity index (χ1v) is 6.42. The predicted octanol–water partition coefficient (Wildman–Crippen LogP) is 1.94. The van der Waals surface area contributed by atoms with Crippen molar-refractivity contribution in [2.24, 2.45) is 0 Å². The van der Waals surface area contributed by atoms with E-state index >= 15 is 0 Å². The first-order chi connectivity index (χ1) is 9.25. The maximum Gasteiger partial charge on any atom is 0.220 e. The molecule has 0 aliphatic heterocycles. The van der Waals surface area contributed by atoms with E-state index in [-0.39, 0.29) is 11.9 Å². The molecule has 0 aliphatic rings. The van der Waals surface area contributed by atoms with Crippen LogP contribution < -0.4 is 5.32 Å². The minimum absolute atomic E-state index is 0.00842. The molecule has 100 valence electrons. The second-order valence-corrected chi connectivity index (χ2v) is 4.45. The summed E-state index contributed by atoms with van der Waals surface area (Å²) in [7, 11) is 0. The van der Waals surface area contributed by atoms with Gasteiger partial charge in [0, 0.05) is 37.8 Å². The number of nitrogens with zero attached hydrogens (tertiary/aromatic N) is 3. The van der Waals surface area contributed by atoms with Gasteiger partial charge >= 0.3 is 0 Å². The van der Waals surface area contributed by atoms with Crippen LogP contribution in [0, 0.1) is 0 Å². The maximum absolute atomic E-state index is 11.8. The number of carbonyl (C=O) groups is 1. The normalized spacial score (nSPS) is 12.1. The molecule has 2 rings (SSSR count). The molecule has 0 aromatic carbocycles. The van der Waals surface area contributed by atoms with Crippen LogP contribution in [0.5, 0.6) is 0 Å². The number of rotatable bonds is 6. The third kappa shape index (κ3) is 4.21. The molecule has 0 spiro atoms. The van der Waals surface area contributed by atoms with Gasteiger partial charge in [-0.25, -0.2) is 0 Å². The Morgan fingerprint density at radius 3 is 3.00 bits per heavy atom. The Balaban J connectivity index is 1.72. The topological polar surface area (TPSA) is 59.8 Å². The lowest BCUT2D eigenvalue weighted by Gasteiger charge is -2.13. The van der Waals surface area contributed by atoms with Gasteiger partial charge in [-0.05, 0) is 31.0 Å². The highest BCUT2D eigenvalue weighted by atomic mass is 16.1. The lowest BCUT2D eigenvalue weighted by atomic mass is 10.1. The van der Waals surface area contributed by atoms with Crippen molar-refractivity contribution in [2.45, 2.75) is 32.4 Å². The van der Waals surface area contributed by atoms with E-state index in [0.717, 1.165) is 18.5 Å². The lowest BCUT2D eigenvalue weighted by Crippen LogP contribution is -2.26. The summed E-state index contributed by atoms with van der Waals surface area (Å²) >= 11 is 0. The van der Waals surface area contributed by atoms with Gasteiger partial charge in [-0.15, -0.1) is 0 Å². The second kappa shape index (κ2) is 6.68. The van der Waals surface area contributed by atoms with Crippen LogP contribution in [0.25, 0.3) is 0 Å². The molecule has 5 heteroatoms. The summed E-state index contributed by atoms with van der Waals surface area (Å²) in [6.07, 6.45) is 8.43. The molecule has 2 heterocycles. The fourth-order valence-electron chi connectivity index (χ4n) is 1.86. The van der Waals surface area contributed by atoms with Crippen molar-refractivity contribution in [1.29, 1.82) is 0 Å². The van der Waals surface area contributed by atoms with Crippen LogP contribution in [0.2, 0.25) is 0 Å². The zero-order valence-electron chi connectivity index (χ0n) is 11.0. The Kier molecular flexibility index (Phi) is 4.66. The smallest absolute Gasteiger partial charge is 0.220 e. The molecule has 0 aliphatic carbocycles. The molecule has 19 heavy (non-hydrogen) atoms. The van der Waals surface area contributed by atoms with Gasteiger partial charge in [-0.1, -0.05) is 6.07 Å². The minimum atomic E-state index is -0.00842. The van der Waals surface area contributed by atoms with Gasteiger partial charge in [0.25, 0.3) is 0 Å². The SMILES string of the molecule is CC(NC(=O)CCCn1cccn1)c1cccnc1. The molecular weight excluding hydrogens is 240 g/mol. The molecule has 2 aromatic rings. The van der Waals surface area contributed by atoms with Crippen LogP contribution in [0.1, 0.15) is 31.4 Å². The van der Waals surface area contributed by atoms with E-state index < -0.39 is 0 Å². The quantitative estimate of drug-likeness (QED) is 0.861. The minimum Gasteiger partial charge on any atom is -0.350 e. The molecule has 1 atom stereocenters. The Morgan fingerprint density at radius 1 is 1.42 bits per heavy atom. The summed E-state index contributed by atoms with van der Waals surface area (Å²) in [4.78, 5) is 15.8. The van der Waals surface area contributed by atoms with Crippen molar-refractivity contribution in [3.05, 3.63) is 48.5 Å². The van der Waals surface area contributed by atoms with E-state index in [4.69, 9.17) is 0 Å². The largest absolute Gasteiger partial charge is 0.350 e. The van der Waals surface area contributed by atoms with E-state index in [9.17, 15) is 4.79 Å². The predicted molar refractivity (Wildman–Crippen MR) is 72.3 cm³/mol. The van der Waals surface area contributed by atoms with Gasteiger partial charge in [0.05, 0.1) is 6.04 Å². The first kappa shape index (κ1) is 13.3. The Labute approximate surface area is 112 Å². The number of nitrogens with one attached hydrogen (secondary N) is 1. The highest BCUT2D eigenvalue weighted by molar-refractivity contribution is 5.76. The molecule has 0 bridgehead atoms. The van der Waals surface area contributed by atoms with E-state index in [0.29, 0.717) is 6.42 Å². The molecule has 1 N–H and O–H groups in total. The first-order valence-electron chi connectivity index (χ1n) is 6.42. The Morgan fingerprint density at radius 2 is 2.32 bits per heavy atom. The second-order valence-electron chi connectivity index (χ2n) is 4.45. The van der Waals surface area contributed by atoms with Crippen LogP contribution in [0.3, 0.4) is 0 Å². The van der Waals surface area contributed by atoms with Crippen molar-refractivity contribution >= 4 is 5.91 Å². The number of amides is 1. The summed E-state index contributed by atoms with van der Waals surface area (Å²) in [5.74, 6) is 0.0588. The molecule has 0 radical (unpaired) electrons. The van der Waals surface area contributed by atoms with Gasteiger partial charge in [-0.2, -0.15) is 5.10 Å². The van der Waals surface area contributed by atoms with Crippen molar-refractivity contribution in [1.82, 2.24) is 20.1 Å². The number of pyridine rings is 1. The molecule has 1 amide bonds. The fourth-order valence-corrected chi connectivity index (χ4v) is 1.86. The van der Waals surface area contributed by atoms with Gasteiger partial charge in [0.15, 0.2) is 0 Å². The molecule has 0 saturated heterocycles. The van der Waals surface area contributed by atoms with Crippen LogP contribution in [0.15, 0.2) is 43.0 Å². The lowest BCUT2D eigenvalue weighted by molar-refractivity contribution is -0.121. The van der Waals surface area contributed by atoms with Crippen LogP contribution in [-0.2, 0) is 11.3 Å². The summed E-state index contributed by atoms with van der Waals surface area (Å²) in [6.45, 7) is 2.73. The Hall–Kier alpha value is -2.17. The fraction of sp³-hybridized carbons (Fsp3) is 0.357. The number of carbonyl (C=O) groups excluding carboxylic acids is 1. The zero-order chi connectivity index (χ0) is 13.5. The molecule has 1 unspecified atom stereocenters. The number of aryl methyl sites for hydroxylation is 1. The van der Waals surface area contributed by atoms with Crippen molar-refractivity contribution in [3.8, 4) is 0 Å². The van der Waals surface area contributed by atoms with Gasteiger partial charge in [-0.3, -0.25) is 14.5 Å². The third-order valence-corrected chi connectivity index (χ3v) is 2.91. The van der Waals surface area contributed by atoms with E-state index in [2.05, 4.69) is 15.4 Å². The van der Waals surface area contributed by atoms with E-state index in [1.165, 1.54) is 0 Å². The average molecular weight is 258 g/mol. The standard InChI is InChI=1S/C14H18N4O/c1-12(13-5-2-7-15-11-13)17-14(19)6-3-9-18-10-4-8-16-18/h2,4-5,7-8,10-12H,3,6,9H2,1H3,(H,17,19). The van der Waals surface area contributed by atoms with Crippen molar-refractivity contribution in [3.63, 3.8) is 0 Å². The molecule has 0 saturated carbocycles. The van der Waals surface area contributed by atoms with Gasteiger partial charge in [0.1, 0.15) is 0 Å². The number of aromatic nitrogens is 3. The zero-order valence-corrected chi connectivity index (χ0v) is 11.0. The number of hydrogen-bond acceptors (Lipinski definition) is 3. The molecule has 0 fully saturated rings. The molecular formula is C14H18N4O.